The van der Waals surface area contributed by atoms with Crippen LogP contribution in [0.4, 0.5) is 0 Å². The van der Waals surface area contributed by atoms with Crippen LogP contribution in [0.2, 0.25) is 0 Å². The first-order valence-electron chi connectivity index (χ1n) is 25.0. The van der Waals surface area contributed by atoms with Crippen LogP contribution < -0.4 is 0 Å². The van der Waals surface area contributed by atoms with Gasteiger partial charge in [-0.15, -0.1) is 0 Å². The van der Waals surface area contributed by atoms with Gasteiger partial charge in [0.05, 0.1) is 34.4 Å². The molecule has 0 aliphatic carbocycles. The van der Waals surface area contributed by atoms with E-state index in [1.54, 1.807) is 0 Å². The molecule has 9 heteroatoms. The molecule has 356 valence electrons. The fourth-order valence-electron chi connectivity index (χ4n) is 6.72. The maximum Gasteiger partial charge on any atom is 0.472 e. The lowest BCUT2D eigenvalue weighted by molar-refractivity contribution is -0.870. The summed E-state index contributed by atoms with van der Waals surface area (Å²) in [5.41, 5.74) is 0. The lowest BCUT2D eigenvalue weighted by Gasteiger charge is -2.24. The number of quaternary nitrogens is 1. The van der Waals surface area contributed by atoms with E-state index in [0.717, 1.165) is 70.6 Å². The number of esters is 1. The Morgan fingerprint density at radius 1 is 0.525 bits per heavy atom. The van der Waals surface area contributed by atoms with Crippen LogP contribution in [0.1, 0.15) is 206 Å². The number of likely N-dealkylation sites (N-methyl/N-ethyl adjacent to an activating group) is 1. The van der Waals surface area contributed by atoms with E-state index in [2.05, 4.69) is 74.6 Å². The van der Waals surface area contributed by atoms with Crippen molar-refractivity contribution in [1.29, 1.82) is 0 Å². The van der Waals surface area contributed by atoms with Crippen molar-refractivity contribution in [2.24, 2.45) is 0 Å². The summed E-state index contributed by atoms with van der Waals surface area (Å²) in [6.07, 6.45) is 56.9. The minimum atomic E-state index is -4.29. The summed E-state index contributed by atoms with van der Waals surface area (Å²) in [5.74, 6) is -0.321. The molecule has 0 aromatic heterocycles. The summed E-state index contributed by atoms with van der Waals surface area (Å²) in [7, 11) is 1.65. The molecule has 0 amide bonds. The van der Waals surface area contributed by atoms with Gasteiger partial charge in [0, 0.05) is 13.0 Å². The van der Waals surface area contributed by atoms with Gasteiger partial charge in [-0.2, -0.15) is 0 Å². The minimum absolute atomic E-state index is 0.0833. The fourth-order valence-corrected chi connectivity index (χ4v) is 7.46. The Morgan fingerprint density at radius 3 is 1.43 bits per heavy atom. The van der Waals surface area contributed by atoms with Crippen molar-refractivity contribution in [2.75, 3.05) is 54.1 Å². The Labute approximate surface area is 377 Å². The molecule has 0 spiro atoms. The quantitative estimate of drug-likeness (QED) is 0.0214. The first kappa shape index (κ1) is 59.2. The van der Waals surface area contributed by atoms with Crippen LogP contribution in [0.5, 0.6) is 0 Å². The summed E-state index contributed by atoms with van der Waals surface area (Å²) < 4.78 is 35.1. The predicted molar refractivity (Wildman–Crippen MR) is 261 cm³/mol. The van der Waals surface area contributed by atoms with Gasteiger partial charge < -0.3 is 18.9 Å². The van der Waals surface area contributed by atoms with Gasteiger partial charge in [-0.25, -0.2) is 4.57 Å². The van der Waals surface area contributed by atoms with Gasteiger partial charge in [-0.05, 0) is 77.0 Å². The van der Waals surface area contributed by atoms with Crippen LogP contribution in [0, 0.1) is 0 Å². The average molecular weight is 879 g/mol. The van der Waals surface area contributed by atoms with E-state index in [1.807, 2.05) is 21.1 Å². The van der Waals surface area contributed by atoms with Crippen LogP contribution in [-0.2, 0) is 27.9 Å². The van der Waals surface area contributed by atoms with Gasteiger partial charge in [0.1, 0.15) is 19.3 Å². The Bertz CT molecular complexity index is 1160. The number of nitrogens with zero attached hydrogens (tertiary/aromatic N) is 1. The second kappa shape index (κ2) is 44.8. The summed E-state index contributed by atoms with van der Waals surface area (Å²) in [4.78, 5) is 23.0. The van der Waals surface area contributed by atoms with Crippen molar-refractivity contribution < 1.29 is 37.3 Å². The zero-order chi connectivity index (χ0) is 44.8. The fraction of sp³-hybridized carbons (Fsp3) is 0.788. The molecule has 0 aliphatic heterocycles. The Morgan fingerprint density at radius 2 is 0.951 bits per heavy atom. The normalized spacial score (nSPS) is 14.1. The van der Waals surface area contributed by atoms with E-state index in [4.69, 9.17) is 18.5 Å². The summed E-state index contributed by atoms with van der Waals surface area (Å²) >= 11 is 0. The highest BCUT2D eigenvalue weighted by molar-refractivity contribution is 7.47. The zero-order valence-corrected chi connectivity index (χ0v) is 41.3. The molecule has 0 aliphatic rings. The van der Waals surface area contributed by atoms with E-state index in [0.29, 0.717) is 24.1 Å². The van der Waals surface area contributed by atoms with Gasteiger partial charge in [0.25, 0.3) is 0 Å². The van der Waals surface area contributed by atoms with E-state index in [9.17, 15) is 14.3 Å². The average Bonchev–Trinajstić information content (AvgIpc) is 3.22. The number of phosphoric acid groups is 1. The van der Waals surface area contributed by atoms with Crippen LogP contribution in [0.25, 0.3) is 0 Å². The van der Waals surface area contributed by atoms with Crippen molar-refractivity contribution in [3.8, 4) is 0 Å². The lowest BCUT2D eigenvalue weighted by atomic mass is 10.0. The molecule has 2 unspecified atom stereocenters. The van der Waals surface area contributed by atoms with Crippen LogP contribution in [-0.4, -0.2) is 75.6 Å². The Balaban J connectivity index is 4.16. The predicted octanol–water partition coefficient (Wildman–Crippen LogP) is 15.3. The summed E-state index contributed by atoms with van der Waals surface area (Å²) in [5, 5.41) is 0. The zero-order valence-electron chi connectivity index (χ0n) is 40.4. The highest BCUT2D eigenvalue weighted by Crippen LogP contribution is 2.43. The number of hydrogen-bond acceptors (Lipinski definition) is 6. The number of carbonyl (C=O) groups excluding carboxylic acids is 1. The van der Waals surface area contributed by atoms with Crippen molar-refractivity contribution >= 4 is 13.8 Å². The molecule has 2 atom stereocenters. The molecule has 0 saturated heterocycles. The summed E-state index contributed by atoms with van der Waals surface area (Å²) in [6, 6.07) is 0. The third-order valence-corrected chi connectivity index (χ3v) is 11.5. The Kier molecular flexibility index (Phi) is 43.5. The molecular formula is C52H97NO7P+. The van der Waals surface area contributed by atoms with Gasteiger partial charge in [0.15, 0.2) is 0 Å². The molecule has 0 aromatic rings. The van der Waals surface area contributed by atoms with E-state index >= 15 is 0 Å². The molecule has 0 fully saturated rings. The molecule has 1 N–H and O–H groups in total. The first-order valence-corrected chi connectivity index (χ1v) is 26.5. The van der Waals surface area contributed by atoms with Gasteiger partial charge >= 0.3 is 13.8 Å². The van der Waals surface area contributed by atoms with E-state index in [-0.39, 0.29) is 25.8 Å². The smallest absolute Gasteiger partial charge is 0.457 e. The second-order valence-electron chi connectivity index (χ2n) is 17.8. The number of phosphoric ester groups is 1. The maximum atomic E-state index is 12.8. The summed E-state index contributed by atoms with van der Waals surface area (Å²) in [6.45, 7) is 5.48. The van der Waals surface area contributed by atoms with E-state index < -0.39 is 13.9 Å². The third kappa shape index (κ3) is 49.1. The molecule has 0 rings (SSSR count). The molecule has 61 heavy (non-hydrogen) atoms. The van der Waals surface area contributed by atoms with Crippen molar-refractivity contribution in [3.05, 3.63) is 60.8 Å². The van der Waals surface area contributed by atoms with E-state index in [1.165, 1.54) is 116 Å². The van der Waals surface area contributed by atoms with Gasteiger partial charge in [-0.1, -0.05) is 184 Å². The van der Waals surface area contributed by atoms with Crippen molar-refractivity contribution in [2.45, 2.75) is 213 Å². The topological polar surface area (TPSA) is 91.3 Å². The number of unbranched alkanes of at least 4 members (excludes halogenated alkanes) is 22. The number of hydrogen-bond donors (Lipinski definition) is 1. The SMILES string of the molecule is CC/C=C\C/C=C\C/C=C\CCCCCCCCOCC(COP(=O)(O)OCC[N+](C)(C)C)OC(=O)CCCCCCCCCCCCC/C=C\C/C=C\CCCCCCC. The molecule has 8 nitrogen and oxygen atoms in total. The Hall–Kier alpha value is -1.80. The maximum absolute atomic E-state index is 12.8. The number of rotatable bonds is 46. The third-order valence-electron chi connectivity index (χ3n) is 10.6. The molecule has 0 aromatic carbocycles. The minimum Gasteiger partial charge on any atom is -0.457 e. The number of allylic oxidation sites excluding steroid dienone is 10. The number of ether oxygens (including phenoxy) is 2. The molecule has 0 bridgehead atoms. The standard InChI is InChI=1S/C52H96NO7P/c1-6-8-10-12-14-16-18-20-22-24-25-26-27-28-29-30-31-33-35-37-39-41-43-45-52(54)60-51(50-59-61(55,56)58-48-46-53(3,4)5)49-57-47-44-42-40-38-36-34-32-23-21-19-17-15-13-11-9-7-2/h9,11,15,17-18,20-21,23-25,51H,6-8,10,12-14,16,19,22,26-50H2,1-5H3/p+1/b11-9-,17-15-,20-18-,23-21-,25-24-. The molecule has 0 radical (unpaired) electrons. The molecule has 0 saturated carbocycles. The van der Waals surface area contributed by atoms with Crippen LogP contribution in [0.3, 0.4) is 0 Å². The van der Waals surface area contributed by atoms with Gasteiger partial charge in [0.2, 0.25) is 0 Å². The van der Waals surface area contributed by atoms with Crippen LogP contribution >= 0.6 is 7.82 Å². The highest BCUT2D eigenvalue weighted by atomic mass is 31.2. The first-order chi connectivity index (χ1) is 29.6. The molecule has 0 heterocycles. The van der Waals surface area contributed by atoms with Gasteiger partial charge in [-0.3, -0.25) is 13.8 Å². The molecular weight excluding hydrogens is 782 g/mol. The largest absolute Gasteiger partial charge is 0.472 e. The monoisotopic (exact) mass is 879 g/mol. The van der Waals surface area contributed by atoms with Crippen molar-refractivity contribution in [3.63, 3.8) is 0 Å². The van der Waals surface area contributed by atoms with Crippen molar-refractivity contribution in [1.82, 2.24) is 0 Å². The highest BCUT2D eigenvalue weighted by Gasteiger charge is 2.26. The second-order valence-corrected chi connectivity index (χ2v) is 19.3. The number of carbonyl (C=O) groups is 1. The lowest BCUT2D eigenvalue weighted by Crippen LogP contribution is -2.37. The van der Waals surface area contributed by atoms with Crippen LogP contribution in [0.15, 0.2) is 60.8 Å².